The van der Waals surface area contributed by atoms with Gasteiger partial charge in [-0.25, -0.2) is 0 Å². The topological polar surface area (TPSA) is 26.3 Å². The number of carbonyl (C=O) groups is 1. The van der Waals surface area contributed by atoms with Crippen molar-refractivity contribution in [1.29, 1.82) is 0 Å². The van der Waals surface area contributed by atoms with Gasteiger partial charge in [0.2, 0.25) is 0 Å². The van der Waals surface area contributed by atoms with E-state index in [1.54, 1.807) is 5.57 Å². The molecule has 3 saturated carbocycles. The van der Waals surface area contributed by atoms with Crippen LogP contribution >= 0.6 is 0 Å². The monoisotopic (exact) mass is 428 g/mol. The molecule has 0 heterocycles. The van der Waals surface area contributed by atoms with Gasteiger partial charge in [0.05, 0.1) is 0 Å². The summed E-state index contributed by atoms with van der Waals surface area (Å²) in [6.45, 7) is 13.2. The summed E-state index contributed by atoms with van der Waals surface area (Å²) in [6, 6.07) is 0. The molecule has 0 bridgehead atoms. The molecular formula is C29H48O2. The van der Waals surface area contributed by atoms with Crippen molar-refractivity contribution in [2.45, 2.75) is 118 Å². The van der Waals surface area contributed by atoms with Crippen molar-refractivity contribution in [1.82, 2.24) is 0 Å². The summed E-state index contributed by atoms with van der Waals surface area (Å²) in [5, 5.41) is 0. The maximum absolute atomic E-state index is 10.9. The molecule has 4 rings (SSSR count). The molecule has 0 aromatic heterocycles. The molecule has 4 aliphatic carbocycles. The van der Waals surface area contributed by atoms with Crippen LogP contribution < -0.4 is 0 Å². The smallest absolute Gasteiger partial charge is 0.293 e. The minimum Gasteiger partial charge on any atom is -0.464 e. The van der Waals surface area contributed by atoms with E-state index >= 15 is 0 Å². The van der Waals surface area contributed by atoms with Gasteiger partial charge in [-0.05, 0) is 97.7 Å². The third kappa shape index (κ3) is 4.39. The summed E-state index contributed by atoms with van der Waals surface area (Å²) in [5.74, 6) is 5.31. The highest BCUT2D eigenvalue weighted by Crippen LogP contribution is 2.64. The van der Waals surface area contributed by atoms with E-state index in [-0.39, 0.29) is 6.10 Å². The van der Waals surface area contributed by atoms with Crippen molar-refractivity contribution in [3.63, 3.8) is 0 Å². The lowest BCUT2D eigenvalue weighted by atomic mass is 9.55. The molecule has 31 heavy (non-hydrogen) atoms. The Kier molecular flexibility index (Phi) is 6.95. The van der Waals surface area contributed by atoms with Crippen molar-refractivity contribution in [3.05, 3.63) is 11.6 Å². The molecule has 0 aromatic carbocycles. The lowest BCUT2D eigenvalue weighted by Gasteiger charge is -2.50. The third-order valence-corrected chi connectivity index (χ3v) is 10.8. The molecule has 0 N–H and O–H groups in total. The molecule has 8 unspecified atom stereocenters. The second-order valence-corrected chi connectivity index (χ2v) is 12.8. The van der Waals surface area contributed by atoms with Gasteiger partial charge in [0.1, 0.15) is 6.10 Å². The average molecular weight is 429 g/mol. The fraction of sp³-hybridized carbons (Fsp3) is 0.897. The Hall–Kier alpha value is -0.790. The van der Waals surface area contributed by atoms with Crippen LogP contribution in [0.1, 0.15) is 112 Å². The Morgan fingerprint density at radius 3 is 2.65 bits per heavy atom. The number of hydrogen-bond donors (Lipinski definition) is 0. The molecule has 0 aromatic rings. The molecule has 3 fully saturated rings. The summed E-state index contributed by atoms with van der Waals surface area (Å²) >= 11 is 0. The van der Waals surface area contributed by atoms with Crippen LogP contribution in [0.25, 0.3) is 0 Å². The molecular weight excluding hydrogens is 380 g/mol. The largest absolute Gasteiger partial charge is 0.464 e. The van der Waals surface area contributed by atoms with Crippen molar-refractivity contribution in [2.75, 3.05) is 0 Å². The zero-order valence-electron chi connectivity index (χ0n) is 21.0. The van der Waals surface area contributed by atoms with Crippen molar-refractivity contribution in [3.8, 4) is 0 Å². The third-order valence-electron chi connectivity index (χ3n) is 10.8. The van der Waals surface area contributed by atoms with Gasteiger partial charge in [-0.1, -0.05) is 65.5 Å². The standard InChI is InChI=1S/C29H48O2/c1-20(2)7-6-8-21(3)26-12-11-23-17-22-9-10-24-18-25(31-19-30)13-15-29(24,5)27(22)14-16-28(23,26)4/h10,19-23,25-27H,6-9,11-18H2,1-5H3. The van der Waals surface area contributed by atoms with Crippen molar-refractivity contribution >= 4 is 6.47 Å². The molecule has 4 aliphatic rings. The van der Waals surface area contributed by atoms with Gasteiger partial charge in [0.15, 0.2) is 0 Å². The quantitative estimate of drug-likeness (QED) is 0.304. The van der Waals surface area contributed by atoms with Crippen LogP contribution in [0.2, 0.25) is 0 Å². The lowest BCUT2D eigenvalue weighted by Crippen LogP contribution is -2.42. The minimum atomic E-state index is 0.118. The lowest BCUT2D eigenvalue weighted by molar-refractivity contribution is -0.135. The molecule has 2 nitrogen and oxygen atoms in total. The van der Waals surface area contributed by atoms with Gasteiger partial charge in [-0.15, -0.1) is 0 Å². The van der Waals surface area contributed by atoms with E-state index in [9.17, 15) is 4.79 Å². The Morgan fingerprint density at radius 1 is 1.10 bits per heavy atom. The first-order chi connectivity index (χ1) is 14.8. The van der Waals surface area contributed by atoms with E-state index in [4.69, 9.17) is 4.74 Å². The van der Waals surface area contributed by atoms with Crippen LogP contribution in [0.3, 0.4) is 0 Å². The Bertz CT molecular complexity index is 666. The molecule has 8 atom stereocenters. The van der Waals surface area contributed by atoms with Gasteiger partial charge < -0.3 is 4.74 Å². The molecule has 0 amide bonds. The first-order valence-corrected chi connectivity index (χ1v) is 13.6. The summed E-state index contributed by atoms with van der Waals surface area (Å²) in [6.07, 6.45) is 18.7. The van der Waals surface area contributed by atoms with E-state index in [0.717, 1.165) is 48.3 Å². The number of rotatable bonds is 7. The van der Waals surface area contributed by atoms with Crippen LogP contribution in [0.4, 0.5) is 0 Å². The van der Waals surface area contributed by atoms with Crippen molar-refractivity contribution in [2.24, 2.45) is 46.3 Å². The van der Waals surface area contributed by atoms with Crippen LogP contribution in [0.5, 0.6) is 0 Å². The molecule has 0 aliphatic heterocycles. The number of hydrogen-bond acceptors (Lipinski definition) is 2. The van der Waals surface area contributed by atoms with Crippen LogP contribution in [0, 0.1) is 46.3 Å². The Morgan fingerprint density at radius 2 is 1.90 bits per heavy atom. The highest BCUT2D eigenvalue weighted by molar-refractivity contribution is 5.38. The Balaban J connectivity index is 1.46. The van der Waals surface area contributed by atoms with E-state index in [2.05, 4.69) is 40.7 Å². The number of carbonyl (C=O) groups excluding carboxylic acids is 1. The normalized spacial score (nSPS) is 43.3. The second-order valence-electron chi connectivity index (χ2n) is 12.8. The zero-order valence-corrected chi connectivity index (χ0v) is 21.0. The molecule has 0 radical (unpaired) electrons. The molecule has 2 heteroatoms. The SMILES string of the molecule is CC(C)CCCC(C)C1CCC2CC3CC=C4CC(OC=O)CCC4(C)C3CCC21C. The first kappa shape index (κ1) is 23.4. The summed E-state index contributed by atoms with van der Waals surface area (Å²) in [7, 11) is 0. The Labute approximate surface area is 192 Å². The maximum Gasteiger partial charge on any atom is 0.293 e. The molecule has 176 valence electrons. The minimum absolute atomic E-state index is 0.118. The van der Waals surface area contributed by atoms with Gasteiger partial charge in [-0.2, -0.15) is 0 Å². The fourth-order valence-electron chi connectivity index (χ4n) is 8.86. The van der Waals surface area contributed by atoms with Gasteiger partial charge in [0.25, 0.3) is 6.47 Å². The predicted molar refractivity (Wildman–Crippen MR) is 129 cm³/mol. The van der Waals surface area contributed by atoms with Gasteiger partial charge in [-0.3, -0.25) is 4.79 Å². The predicted octanol–water partition coefficient (Wildman–Crippen LogP) is 7.96. The van der Waals surface area contributed by atoms with E-state index in [1.807, 2.05) is 0 Å². The maximum atomic E-state index is 10.9. The van der Waals surface area contributed by atoms with Crippen LogP contribution in [0.15, 0.2) is 11.6 Å². The van der Waals surface area contributed by atoms with E-state index in [1.165, 1.54) is 64.2 Å². The van der Waals surface area contributed by atoms with Crippen LogP contribution in [-0.2, 0) is 9.53 Å². The number of allylic oxidation sites excluding steroid dienone is 1. The number of fused-ring (bicyclic) bond motifs is 4. The highest BCUT2D eigenvalue weighted by atomic mass is 16.5. The first-order valence-electron chi connectivity index (χ1n) is 13.6. The summed E-state index contributed by atoms with van der Waals surface area (Å²) in [4.78, 5) is 10.9. The average Bonchev–Trinajstić information content (AvgIpc) is 2.95. The number of ether oxygens (including phenoxy) is 1. The molecule has 0 spiro atoms. The van der Waals surface area contributed by atoms with Gasteiger partial charge in [0, 0.05) is 6.42 Å². The summed E-state index contributed by atoms with van der Waals surface area (Å²) < 4.78 is 5.38. The fourth-order valence-corrected chi connectivity index (χ4v) is 8.86. The second kappa shape index (κ2) is 9.22. The van der Waals surface area contributed by atoms with Gasteiger partial charge >= 0.3 is 0 Å². The van der Waals surface area contributed by atoms with Crippen molar-refractivity contribution < 1.29 is 9.53 Å². The van der Waals surface area contributed by atoms with E-state index in [0.29, 0.717) is 17.3 Å². The zero-order chi connectivity index (χ0) is 22.2. The van der Waals surface area contributed by atoms with E-state index < -0.39 is 0 Å². The molecule has 0 saturated heterocycles. The summed E-state index contributed by atoms with van der Waals surface area (Å²) in [5.41, 5.74) is 2.52. The van der Waals surface area contributed by atoms with Crippen LogP contribution in [-0.4, -0.2) is 12.6 Å². The highest BCUT2D eigenvalue weighted by Gasteiger charge is 2.55.